The maximum Gasteiger partial charge on any atom is 0.339 e. The molecule has 0 aromatic carbocycles. The summed E-state index contributed by atoms with van der Waals surface area (Å²) in [6, 6.07) is 0. The highest BCUT2D eigenvalue weighted by Gasteiger charge is 2.09. The van der Waals surface area contributed by atoms with E-state index < -0.39 is 5.97 Å². The van der Waals surface area contributed by atoms with Gasteiger partial charge in [-0.15, -0.1) is 0 Å². The molecule has 1 heterocycles. The third-order valence-electron chi connectivity index (χ3n) is 2.27. The van der Waals surface area contributed by atoms with E-state index >= 15 is 0 Å². The highest BCUT2D eigenvalue weighted by molar-refractivity contribution is 7.98. The minimum absolute atomic E-state index is 0.151. The van der Waals surface area contributed by atoms with Crippen LogP contribution in [0.4, 0.5) is 5.95 Å². The van der Waals surface area contributed by atoms with E-state index in [0.29, 0.717) is 11.6 Å². The lowest BCUT2D eigenvalue weighted by molar-refractivity contribution is 0.0695. The van der Waals surface area contributed by atoms with E-state index in [2.05, 4.69) is 21.5 Å². The van der Waals surface area contributed by atoms with Gasteiger partial charge in [0.25, 0.3) is 0 Å². The van der Waals surface area contributed by atoms with Crippen molar-refractivity contribution in [3.8, 4) is 0 Å². The maximum absolute atomic E-state index is 10.8. The average molecular weight is 255 g/mol. The predicted octanol–water partition coefficient (Wildman–Crippen LogP) is 2.04. The summed E-state index contributed by atoms with van der Waals surface area (Å²) in [5, 5.41) is 11.9. The predicted molar refractivity (Wildman–Crippen MR) is 69.8 cm³/mol. The molecular formula is C11H17N3O2S. The number of carboxylic acids is 1. The number of rotatable bonds is 7. The molecule has 17 heavy (non-hydrogen) atoms. The number of aryl methyl sites for hydroxylation is 1. The number of hydrogen-bond donors (Lipinski definition) is 2. The Bertz CT molecular complexity index is 385. The summed E-state index contributed by atoms with van der Waals surface area (Å²) in [5.74, 6) is 0.658. The third kappa shape index (κ3) is 4.60. The molecule has 1 aromatic heterocycles. The van der Waals surface area contributed by atoms with Crippen molar-refractivity contribution in [1.82, 2.24) is 9.97 Å². The lowest BCUT2D eigenvalue weighted by atomic mass is 10.2. The van der Waals surface area contributed by atoms with Gasteiger partial charge < -0.3 is 10.4 Å². The molecular weight excluding hydrogens is 238 g/mol. The summed E-state index contributed by atoms with van der Waals surface area (Å²) >= 11 is 1.83. The molecule has 0 saturated heterocycles. The van der Waals surface area contributed by atoms with Crippen LogP contribution >= 0.6 is 11.8 Å². The Morgan fingerprint density at radius 2 is 2.29 bits per heavy atom. The van der Waals surface area contributed by atoms with Crippen molar-refractivity contribution in [2.24, 2.45) is 0 Å². The minimum Gasteiger partial charge on any atom is -0.478 e. The van der Waals surface area contributed by atoms with Crippen LogP contribution in [0.15, 0.2) is 6.20 Å². The first kappa shape index (κ1) is 13.8. The van der Waals surface area contributed by atoms with Gasteiger partial charge in [0.2, 0.25) is 5.95 Å². The lowest BCUT2D eigenvalue weighted by Gasteiger charge is -2.06. The second kappa shape index (κ2) is 7.11. The van der Waals surface area contributed by atoms with Crippen LogP contribution in [0.2, 0.25) is 0 Å². The van der Waals surface area contributed by atoms with Gasteiger partial charge in [0, 0.05) is 12.7 Å². The largest absolute Gasteiger partial charge is 0.478 e. The number of hydrogen-bond acceptors (Lipinski definition) is 5. The molecule has 0 aliphatic heterocycles. The van der Waals surface area contributed by atoms with E-state index in [1.54, 1.807) is 6.92 Å². The van der Waals surface area contributed by atoms with Gasteiger partial charge in [-0.05, 0) is 31.8 Å². The average Bonchev–Trinajstić information content (AvgIpc) is 2.28. The van der Waals surface area contributed by atoms with Crippen LogP contribution in [0.25, 0.3) is 0 Å². The van der Waals surface area contributed by atoms with Crippen molar-refractivity contribution >= 4 is 23.7 Å². The molecule has 0 aliphatic rings. The Hall–Kier alpha value is -1.30. The van der Waals surface area contributed by atoms with E-state index in [0.717, 1.165) is 25.1 Å². The van der Waals surface area contributed by atoms with E-state index in [1.165, 1.54) is 6.20 Å². The molecule has 0 aliphatic carbocycles. The molecule has 0 spiro atoms. The highest BCUT2D eigenvalue weighted by Crippen LogP contribution is 2.07. The Labute approximate surface area is 105 Å². The molecule has 0 radical (unpaired) electrons. The van der Waals surface area contributed by atoms with Gasteiger partial charge in [0.1, 0.15) is 0 Å². The summed E-state index contributed by atoms with van der Waals surface area (Å²) in [6.45, 7) is 2.48. The van der Waals surface area contributed by atoms with Crippen LogP contribution in [0, 0.1) is 6.92 Å². The van der Waals surface area contributed by atoms with Crippen molar-refractivity contribution in [1.29, 1.82) is 0 Å². The summed E-state index contributed by atoms with van der Waals surface area (Å²) < 4.78 is 0. The molecule has 0 amide bonds. The quantitative estimate of drug-likeness (QED) is 0.726. The van der Waals surface area contributed by atoms with E-state index in [1.807, 2.05) is 11.8 Å². The number of unbranched alkanes of at least 4 members (excludes halogenated alkanes) is 1. The van der Waals surface area contributed by atoms with Gasteiger partial charge in [0.15, 0.2) is 0 Å². The van der Waals surface area contributed by atoms with E-state index in [9.17, 15) is 4.79 Å². The standard InChI is InChI=1S/C11H17N3O2S/c1-8-9(10(15)16)7-13-11(14-8)12-5-3-4-6-17-2/h7H,3-6H2,1-2H3,(H,15,16)(H,12,13,14). The lowest BCUT2D eigenvalue weighted by Crippen LogP contribution is -2.09. The van der Waals surface area contributed by atoms with Gasteiger partial charge in [-0.2, -0.15) is 11.8 Å². The fourth-order valence-corrected chi connectivity index (χ4v) is 1.83. The number of thioether (sulfide) groups is 1. The van der Waals surface area contributed by atoms with Crippen molar-refractivity contribution < 1.29 is 9.90 Å². The van der Waals surface area contributed by atoms with Crippen LogP contribution in [-0.2, 0) is 0 Å². The van der Waals surface area contributed by atoms with Gasteiger partial charge in [-0.3, -0.25) is 0 Å². The first-order valence-electron chi connectivity index (χ1n) is 5.45. The first-order chi connectivity index (χ1) is 8.15. The van der Waals surface area contributed by atoms with E-state index in [-0.39, 0.29) is 5.56 Å². The Kier molecular flexibility index (Phi) is 5.76. The van der Waals surface area contributed by atoms with Crippen LogP contribution in [-0.4, -0.2) is 39.6 Å². The molecule has 5 nitrogen and oxygen atoms in total. The molecule has 0 bridgehead atoms. The highest BCUT2D eigenvalue weighted by atomic mass is 32.2. The fraction of sp³-hybridized carbons (Fsp3) is 0.545. The minimum atomic E-state index is -0.992. The molecule has 0 saturated carbocycles. The molecule has 2 N–H and O–H groups in total. The number of carboxylic acid groups (broad SMARTS) is 1. The third-order valence-corrected chi connectivity index (χ3v) is 2.97. The van der Waals surface area contributed by atoms with Crippen LogP contribution in [0.5, 0.6) is 0 Å². The van der Waals surface area contributed by atoms with Gasteiger partial charge in [-0.1, -0.05) is 0 Å². The number of nitrogens with one attached hydrogen (secondary N) is 1. The second-order valence-electron chi connectivity index (χ2n) is 3.62. The number of carbonyl (C=O) groups is 1. The summed E-state index contributed by atoms with van der Waals surface area (Å²) in [6.07, 6.45) is 5.64. The van der Waals surface area contributed by atoms with Crippen LogP contribution in [0.1, 0.15) is 28.9 Å². The SMILES string of the molecule is CSCCCCNc1ncc(C(=O)O)c(C)n1. The van der Waals surface area contributed by atoms with Gasteiger partial charge >= 0.3 is 5.97 Å². The molecule has 6 heteroatoms. The summed E-state index contributed by atoms with van der Waals surface area (Å²) in [7, 11) is 0. The number of aromatic nitrogens is 2. The summed E-state index contributed by atoms with van der Waals surface area (Å²) in [4.78, 5) is 18.8. The number of anilines is 1. The van der Waals surface area contributed by atoms with Gasteiger partial charge in [0.05, 0.1) is 11.3 Å². The fourth-order valence-electron chi connectivity index (χ4n) is 1.33. The topological polar surface area (TPSA) is 75.1 Å². The molecule has 1 aromatic rings. The van der Waals surface area contributed by atoms with Crippen LogP contribution < -0.4 is 5.32 Å². The molecule has 0 unspecified atom stereocenters. The molecule has 0 fully saturated rings. The first-order valence-corrected chi connectivity index (χ1v) is 6.84. The smallest absolute Gasteiger partial charge is 0.339 e. The molecule has 1 rings (SSSR count). The normalized spacial score (nSPS) is 10.2. The van der Waals surface area contributed by atoms with Crippen molar-refractivity contribution in [2.75, 3.05) is 23.9 Å². The second-order valence-corrected chi connectivity index (χ2v) is 4.61. The number of nitrogens with zero attached hydrogens (tertiary/aromatic N) is 2. The zero-order valence-corrected chi connectivity index (χ0v) is 10.9. The Morgan fingerprint density at radius 3 is 2.88 bits per heavy atom. The Morgan fingerprint density at radius 1 is 1.53 bits per heavy atom. The zero-order chi connectivity index (χ0) is 12.7. The van der Waals surface area contributed by atoms with Crippen molar-refractivity contribution in [3.63, 3.8) is 0 Å². The van der Waals surface area contributed by atoms with Crippen molar-refractivity contribution in [3.05, 3.63) is 17.5 Å². The Balaban J connectivity index is 2.45. The maximum atomic E-state index is 10.8. The summed E-state index contributed by atoms with van der Waals surface area (Å²) in [5.41, 5.74) is 0.636. The van der Waals surface area contributed by atoms with Gasteiger partial charge in [-0.25, -0.2) is 14.8 Å². The van der Waals surface area contributed by atoms with E-state index in [4.69, 9.17) is 5.11 Å². The zero-order valence-electron chi connectivity index (χ0n) is 10.1. The molecule has 94 valence electrons. The molecule has 0 atom stereocenters. The van der Waals surface area contributed by atoms with Crippen LogP contribution in [0.3, 0.4) is 0 Å². The van der Waals surface area contributed by atoms with Crippen molar-refractivity contribution in [2.45, 2.75) is 19.8 Å². The monoisotopic (exact) mass is 255 g/mol. The number of aromatic carboxylic acids is 1.